The van der Waals surface area contributed by atoms with Crippen molar-refractivity contribution in [2.45, 2.75) is 13.2 Å². The van der Waals surface area contributed by atoms with Crippen molar-refractivity contribution >= 4 is 27.3 Å². The third-order valence-electron chi connectivity index (χ3n) is 5.84. The monoisotopic (exact) mass is 478 g/mol. The highest BCUT2D eigenvalue weighted by molar-refractivity contribution is 7.20. The van der Waals surface area contributed by atoms with Crippen molar-refractivity contribution in [3.05, 3.63) is 99.2 Å². The molecule has 2 aromatic heterocycles. The molecule has 34 heavy (non-hydrogen) atoms. The van der Waals surface area contributed by atoms with Crippen LogP contribution in [0.15, 0.2) is 76.1 Å². The van der Waals surface area contributed by atoms with Gasteiger partial charge in [0.15, 0.2) is 0 Å². The molecule has 1 saturated heterocycles. The smallest absolute Gasteiger partial charge is 0.264 e. The summed E-state index contributed by atoms with van der Waals surface area (Å²) in [5, 5.41) is 1.09. The number of fused-ring (bicyclic) bond motifs is 1. The van der Waals surface area contributed by atoms with E-state index in [-0.39, 0.29) is 29.5 Å². The highest BCUT2D eigenvalue weighted by Gasteiger charge is 2.24. The average Bonchev–Trinajstić information content (AvgIpc) is 3.29. The molecule has 0 bridgehead atoms. The van der Waals surface area contributed by atoms with Crippen LogP contribution in [0.25, 0.3) is 10.1 Å². The lowest BCUT2D eigenvalue weighted by atomic mass is 10.2. The summed E-state index contributed by atoms with van der Waals surface area (Å²) in [6, 6.07) is 17.3. The number of hydrogen-bond acceptors (Lipinski definition) is 6. The maximum absolute atomic E-state index is 13.0. The van der Waals surface area contributed by atoms with E-state index in [2.05, 4.69) is 4.90 Å². The lowest BCUT2D eigenvalue weighted by Crippen LogP contribution is -2.48. The predicted molar refractivity (Wildman–Crippen MR) is 129 cm³/mol. The molecule has 5 rings (SSSR count). The topological polar surface area (TPSA) is 63.0 Å². The van der Waals surface area contributed by atoms with Gasteiger partial charge in [0, 0.05) is 36.9 Å². The standard InChI is InChI=1S/C26H23FN2O4S/c27-20-7-5-18(6-8-20)16-33-23-17-32-21(14-22(23)30)15-28-9-11-29(12-10-28)26(31)25-13-19-3-1-2-4-24(19)34-25/h1-8,13-14,17H,9-12,15-16H2. The summed E-state index contributed by atoms with van der Waals surface area (Å²) < 4.78 is 25.3. The maximum atomic E-state index is 13.0. The number of amides is 1. The fourth-order valence-corrected chi connectivity index (χ4v) is 4.97. The van der Waals surface area contributed by atoms with Gasteiger partial charge in [-0.05, 0) is 35.2 Å². The first-order valence-corrected chi connectivity index (χ1v) is 11.9. The lowest BCUT2D eigenvalue weighted by Gasteiger charge is -2.34. The minimum Gasteiger partial charge on any atom is -0.482 e. The largest absolute Gasteiger partial charge is 0.482 e. The molecule has 2 aromatic carbocycles. The highest BCUT2D eigenvalue weighted by Crippen LogP contribution is 2.26. The van der Waals surface area contributed by atoms with Crippen LogP contribution in [0.1, 0.15) is 21.0 Å². The van der Waals surface area contributed by atoms with Crippen LogP contribution in [0.5, 0.6) is 5.75 Å². The van der Waals surface area contributed by atoms with Crippen LogP contribution in [0, 0.1) is 5.82 Å². The Balaban J connectivity index is 1.14. The maximum Gasteiger partial charge on any atom is 0.264 e. The van der Waals surface area contributed by atoms with Gasteiger partial charge in [-0.2, -0.15) is 0 Å². The van der Waals surface area contributed by atoms with E-state index in [9.17, 15) is 14.0 Å². The molecule has 174 valence electrons. The molecule has 1 aliphatic heterocycles. The number of thiophene rings is 1. The van der Waals surface area contributed by atoms with Crippen LogP contribution in [0.3, 0.4) is 0 Å². The van der Waals surface area contributed by atoms with Gasteiger partial charge in [0.1, 0.15) is 24.4 Å². The van der Waals surface area contributed by atoms with Crippen molar-refractivity contribution in [3.8, 4) is 5.75 Å². The third kappa shape index (κ3) is 5.03. The van der Waals surface area contributed by atoms with E-state index in [1.165, 1.54) is 35.8 Å². The molecular weight excluding hydrogens is 455 g/mol. The van der Waals surface area contributed by atoms with Gasteiger partial charge in [0.25, 0.3) is 5.91 Å². The first kappa shape index (κ1) is 22.3. The number of carbonyl (C=O) groups is 1. The number of piperazine rings is 1. The molecule has 8 heteroatoms. The molecule has 0 spiro atoms. The molecule has 4 aromatic rings. The van der Waals surface area contributed by atoms with Crippen LogP contribution < -0.4 is 10.2 Å². The third-order valence-corrected chi connectivity index (χ3v) is 6.94. The highest BCUT2D eigenvalue weighted by atomic mass is 32.1. The van der Waals surface area contributed by atoms with E-state index < -0.39 is 0 Å². The molecule has 0 atom stereocenters. The Morgan fingerprint density at radius 1 is 1.03 bits per heavy atom. The number of ether oxygens (including phenoxy) is 1. The number of rotatable bonds is 6. The number of benzene rings is 2. The Kier molecular flexibility index (Phi) is 6.42. The normalized spacial score (nSPS) is 14.4. The average molecular weight is 479 g/mol. The molecule has 1 amide bonds. The minimum absolute atomic E-state index is 0.0649. The molecule has 1 fully saturated rings. The molecule has 1 aliphatic rings. The molecular formula is C26H23FN2O4S. The Labute approximate surface area is 199 Å². The Morgan fingerprint density at radius 2 is 1.79 bits per heavy atom. The van der Waals surface area contributed by atoms with Gasteiger partial charge >= 0.3 is 0 Å². The summed E-state index contributed by atoms with van der Waals surface area (Å²) >= 11 is 1.53. The summed E-state index contributed by atoms with van der Waals surface area (Å²) in [7, 11) is 0. The SMILES string of the molecule is O=C(c1cc2ccccc2s1)N1CCN(Cc2cc(=O)c(OCc3ccc(F)cc3)co2)CC1. The summed E-state index contributed by atoms with van der Waals surface area (Å²) in [5.74, 6) is 0.406. The zero-order valence-corrected chi connectivity index (χ0v) is 19.2. The van der Waals surface area contributed by atoms with Crippen molar-refractivity contribution < 1.29 is 18.3 Å². The van der Waals surface area contributed by atoms with Gasteiger partial charge in [-0.15, -0.1) is 11.3 Å². The van der Waals surface area contributed by atoms with Crippen LogP contribution in [-0.4, -0.2) is 41.9 Å². The number of hydrogen-bond donors (Lipinski definition) is 0. The molecule has 3 heterocycles. The van der Waals surface area contributed by atoms with Crippen molar-refractivity contribution in [2.24, 2.45) is 0 Å². The van der Waals surface area contributed by atoms with E-state index in [0.717, 1.165) is 20.5 Å². The van der Waals surface area contributed by atoms with Gasteiger partial charge in [-0.3, -0.25) is 14.5 Å². The predicted octanol–water partition coefficient (Wildman–Crippen LogP) is 4.53. The van der Waals surface area contributed by atoms with E-state index in [4.69, 9.17) is 9.15 Å². The summed E-state index contributed by atoms with van der Waals surface area (Å²) in [6.07, 6.45) is 1.32. The van der Waals surface area contributed by atoms with Crippen molar-refractivity contribution in [1.29, 1.82) is 0 Å². The second kappa shape index (κ2) is 9.79. The Hall–Kier alpha value is -3.49. The summed E-state index contributed by atoms with van der Waals surface area (Å²) in [4.78, 5) is 30.1. The van der Waals surface area contributed by atoms with E-state index in [1.54, 1.807) is 12.1 Å². The minimum atomic E-state index is -0.321. The molecule has 0 saturated carbocycles. The second-order valence-corrected chi connectivity index (χ2v) is 9.29. The van der Waals surface area contributed by atoms with Gasteiger partial charge < -0.3 is 14.1 Å². The van der Waals surface area contributed by atoms with Gasteiger partial charge in [0.2, 0.25) is 11.2 Å². The van der Waals surface area contributed by atoms with Gasteiger partial charge in [-0.1, -0.05) is 30.3 Å². The number of carbonyl (C=O) groups excluding carboxylic acids is 1. The zero-order chi connectivity index (χ0) is 23.5. The summed E-state index contributed by atoms with van der Waals surface area (Å²) in [5.41, 5.74) is 0.495. The molecule has 0 aliphatic carbocycles. The van der Waals surface area contributed by atoms with Crippen molar-refractivity contribution in [3.63, 3.8) is 0 Å². The lowest BCUT2D eigenvalue weighted by molar-refractivity contribution is 0.0624. The number of halogens is 1. The Morgan fingerprint density at radius 3 is 2.53 bits per heavy atom. The van der Waals surface area contributed by atoms with Gasteiger partial charge in [0.05, 0.1) is 11.4 Å². The first-order valence-electron chi connectivity index (χ1n) is 11.0. The van der Waals surface area contributed by atoms with E-state index in [1.807, 2.05) is 35.2 Å². The molecule has 0 unspecified atom stereocenters. The molecule has 0 radical (unpaired) electrons. The summed E-state index contributed by atoms with van der Waals surface area (Å²) in [6.45, 7) is 3.28. The van der Waals surface area contributed by atoms with Crippen LogP contribution in [0.4, 0.5) is 4.39 Å². The van der Waals surface area contributed by atoms with Gasteiger partial charge in [-0.25, -0.2) is 4.39 Å². The first-order chi connectivity index (χ1) is 16.5. The number of nitrogens with zero attached hydrogens (tertiary/aromatic N) is 2. The zero-order valence-electron chi connectivity index (χ0n) is 18.4. The van der Waals surface area contributed by atoms with E-state index >= 15 is 0 Å². The Bertz CT molecular complexity index is 1320. The van der Waals surface area contributed by atoms with Crippen molar-refractivity contribution in [1.82, 2.24) is 9.80 Å². The van der Waals surface area contributed by atoms with Crippen LogP contribution >= 0.6 is 11.3 Å². The van der Waals surface area contributed by atoms with Crippen molar-refractivity contribution in [2.75, 3.05) is 26.2 Å². The molecule has 0 N–H and O–H groups in total. The fourth-order valence-electron chi connectivity index (χ4n) is 3.94. The van der Waals surface area contributed by atoms with Crippen LogP contribution in [-0.2, 0) is 13.2 Å². The molecule has 6 nitrogen and oxygen atoms in total. The quantitative estimate of drug-likeness (QED) is 0.408. The second-order valence-electron chi connectivity index (χ2n) is 8.21. The fraction of sp³-hybridized carbons (Fsp3) is 0.231. The van der Waals surface area contributed by atoms with Crippen LogP contribution in [0.2, 0.25) is 0 Å². The van der Waals surface area contributed by atoms with E-state index in [0.29, 0.717) is 38.5 Å².